The van der Waals surface area contributed by atoms with E-state index in [1.54, 1.807) is 39.5 Å². The number of fused-ring (bicyclic) bond motifs is 27. The molecule has 6 aliphatic carbocycles. The van der Waals surface area contributed by atoms with Crippen molar-refractivity contribution >= 4 is 98.8 Å². The van der Waals surface area contributed by atoms with Crippen LogP contribution in [0, 0.1) is 16.2 Å². The Bertz CT molecular complexity index is 6660. The molecule has 10 aliphatic heterocycles. The smallest absolute Gasteiger partial charge is 0.304 e. The summed E-state index contributed by atoms with van der Waals surface area (Å²) in [4.78, 5) is 98.6. The SMILES string of the molecule is CNS(=O)(=O)NC(=O)c1ccc2c(C3CCCCC3)c3n(c2c1)CC1(C(=O)N2C4CCC2CN(C)C4)CC1c1cc(OC)ccc1-3.CNS(=O)(=O)NC(=O)c1ccc2c(C3CCCCC3)c3n(c2c1)CC1(C(=O)N2C4CCC2CN(C)C4)CC1c1cc(OC)ccc1-3.COc1ccc2c(c1)C1CC1(C(=O)N1C3CCC1CN(C)C3)Cn1c-2c(C2CCCCC2)c2ccc(C(=O)NS(=O)(=O)N3CCC3)cc21. The maximum atomic E-state index is 15.0. The number of piperazine rings is 3. The zero-order valence-corrected chi connectivity index (χ0v) is 84.0. The third-order valence-corrected chi connectivity index (χ3v) is 39.2. The van der Waals surface area contributed by atoms with E-state index in [0.717, 1.165) is 226 Å². The number of likely N-dealkylation sites (N-methyl/N-ethyl adjacent to an activating group) is 3. The van der Waals surface area contributed by atoms with Crippen LogP contribution in [0.5, 0.6) is 17.2 Å². The fraction of sp³-hybridized carbons (Fsp3) is 0.551. The summed E-state index contributed by atoms with van der Waals surface area (Å²) in [5.41, 5.74) is 16.0. The van der Waals surface area contributed by atoms with Gasteiger partial charge >= 0.3 is 30.6 Å². The van der Waals surface area contributed by atoms with E-state index in [2.05, 4.69) is 124 Å². The van der Waals surface area contributed by atoms with Crippen molar-refractivity contribution in [3.05, 3.63) is 159 Å². The molecule has 0 radical (unpaired) electrons. The molecule has 6 bridgehead atoms. The number of hydrogen-bond acceptors (Lipinski definition) is 18. The van der Waals surface area contributed by atoms with Gasteiger partial charge in [0.25, 0.3) is 17.7 Å². The van der Waals surface area contributed by atoms with Gasteiger partial charge in [0.2, 0.25) is 17.7 Å². The summed E-state index contributed by atoms with van der Waals surface area (Å²) in [6.07, 6.45) is 26.7. The first kappa shape index (κ1) is 93.4. The summed E-state index contributed by atoms with van der Waals surface area (Å²) in [5.74, 6) is 2.50. The highest BCUT2D eigenvalue weighted by Crippen LogP contribution is 2.71. The lowest BCUT2D eigenvalue weighted by atomic mass is 9.81. The van der Waals surface area contributed by atoms with Gasteiger partial charge in [0.05, 0.1) is 54.7 Å². The Morgan fingerprint density at radius 1 is 0.343 bits per heavy atom. The Hall–Kier alpha value is -10.2. The van der Waals surface area contributed by atoms with Crippen LogP contribution in [0.4, 0.5) is 0 Å². The Kier molecular flexibility index (Phi) is 23.6. The quantitative estimate of drug-likeness (QED) is 0.0533. The number of benzene rings is 6. The second-order valence-corrected chi connectivity index (χ2v) is 48.7. The van der Waals surface area contributed by atoms with Gasteiger partial charge in [0.1, 0.15) is 17.2 Å². The van der Waals surface area contributed by atoms with Crippen LogP contribution in [0.3, 0.4) is 0 Å². The van der Waals surface area contributed by atoms with Crippen LogP contribution in [-0.4, -0.2) is 253 Å². The molecule has 16 aliphatic rings. The Balaban J connectivity index is 0.000000117. The van der Waals surface area contributed by atoms with Crippen LogP contribution in [-0.2, 0) is 64.6 Å². The van der Waals surface area contributed by atoms with Gasteiger partial charge in [-0.1, -0.05) is 76.0 Å². The van der Waals surface area contributed by atoms with E-state index in [0.29, 0.717) is 56.0 Å². The minimum atomic E-state index is -3.97. The van der Waals surface area contributed by atoms with Gasteiger partial charge in [-0.2, -0.15) is 29.6 Å². The number of nitrogens with one attached hydrogen (secondary N) is 5. The average molecular weight is 1960 g/mol. The van der Waals surface area contributed by atoms with Gasteiger partial charge in [0, 0.05) is 206 Å². The molecular weight excluding hydrogens is 1830 g/mol. The van der Waals surface area contributed by atoms with Gasteiger partial charge < -0.3 is 57.3 Å². The Morgan fingerprint density at radius 2 is 0.621 bits per heavy atom. The maximum Gasteiger partial charge on any atom is 0.304 e. The number of likely N-dealkylation sites (tertiary alicyclic amines) is 3. The van der Waals surface area contributed by atoms with Gasteiger partial charge in [-0.05, 0) is 266 Å². The second kappa shape index (κ2) is 35.4. The van der Waals surface area contributed by atoms with E-state index >= 15 is 4.79 Å². The first-order valence-electron chi connectivity index (χ1n) is 51.4. The Labute approximate surface area is 820 Å². The molecule has 5 N–H and O–H groups in total. The van der Waals surface area contributed by atoms with Crippen molar-refractivity contribution in [2.24, 2.45) is 16.2 Å². The third-order valence-electron chi connectivity index (χ3n) is 35.7. The second-order valence-electron chi connectivity index (χ2n) is 43.8. The largest absolute Gasteiger partial charge is 0.497 e. The average Bonchev–Trinajstić information content (AvgIpc) is 1.52. The lowest BCUT2D eigenvalue weighted by molar-refractivity contribution is -0.144. The molecule has 0 spiro atoms. The first-order chi connectivity index (χ1) is 67.5. The van der Waals surface area contributed by atoms with Crippen molar-refractivity contribution < 1.29 is 68.2 Å². The molecule has 6 amide bonds. The van der Waals surface area contributed by atoms with Crippen molar-refractivity contribution in [3.8, 4) is 51.0 Å². The molecule has 12 unspecified atom stereocenters. The monoisotopic (exact) mass is 1960 g/mol. The summed E-state index contributed by atoms with van der Waals surface area (Å²) in [6, 6.07) is 37.2. The lowest BCUT2D eigenvalue weighted by Crippen LogP contribution is -2.57. The number of ether oxygens (including phenoxy) is 3. The number of methoxy groups -OCH3 is 3. The molecule has 13 heterocycles. The molecule has 3 aromatic heterocycles. The minimum Gasteiger partial charge on any atom is -0.497 e. The normalized spacial score (nSPS) is 27.9. The highest BCUT2D eigenvalue weighted by molar-refractivity contribution is 7.88. The van der Waals surface area contributed by atoms with Crippen LogP contribution in [0.2, 0.25) is 0 Å². The van der Waals surface area contributed by atoms with Gasteiger partial charge in [0.15, 0.2) is 0 Å². The molecule has 33 heteroatoms. The van der Waals surface area contributed by atoms with Crippen molar-refractivity contribution in [3.63, 3.8) is 0 Å². The summed E-state index contributed by atoms with van der Waals surface area (Å²) in [5, 5.41) is 3.26. The number of carbonyl (C=O) groups is 6. The zero-order chi connectivity index (χ0) is 96.9. The molecular formula is C107H131N15O15S3. The molecule has 140 heavy (non-hydrogen) atoms. The topological polar surface area (TPSA) is 330 Å². The lowest BCUT2D eigenvalue weighted by Gasteiger charge is -2.41. The summed E-state index contributed by atoms with van der Waals surface area (Å²) >= 11 is 0. The number of rotatable bonds is 18. The molecule has 742 valence electrons. The zero-order valence-electron chi connectivity index (χ0n) is 81.6. The maximum absolute atomic E-state index is 15.0. The van der Waals surface area contributed by atoms with Gasteiger partial charge in [-0.15, -0.1) is 0 Å². The summed E-state index contributed by atoms with van der Waals surface area (Å²) in [7, 11) is 2.26. The number of amides is 6. The number of hydrogen-bond donors (Lipinski definition) is 5. The predicted molar refractivity (Wildman–Crippen MR) is 536 cm³/mol. The number of carbonyl (C=O) groups excluding carboxylic acids is 6. The number of nitrogens with zero attached hydrogens (tertiary/aromatic N) is 10. The van der Waals surface area contributed by atoms with Crippen LogP contribution < -0.4 is 37.8 Å². The van der Waals surface area contributed by atoms with E-state index in [9.17, 15) is 49.2 Å². The summed E-state index contributed by atoms with van der Waals surface area (Å²) in [6.45, 7) is 7.89. The summed E-state index contributed by atoms with van der Waals surface area (Å²) < 4.78 is 111. The molecule has 9 aromatic rings. The Morgan fingerprint density at radius 3 is 0.879 bits per heavy atom. The van der Waals surface area contributed by atoms with Crippen LogP contribution in [0.15, 0.2) is 109 Å². The first-order valence-corrected chi connectivity index (χ1v) is 55.8. The van der Waals surface area contributed by atoms with Crippen LogP contribution in [0.1, 0.15) is 260 Å². The van der Waals surface area contributed by atoms with E-state index in [4.69, 9.17) is 14.2 Å². The molecule has 12 atom stereocenters. The van der Waals surface area contributed by atoms with Crippen molar-refractivity contribution in [1.82, 2.24) is 71.0 Å². The fourth-order valence-electron chi connectivity index (χ4n) is 28.6. The highest BCUT2D eigenvalue weighted by atomic mass is 32.2. The standard InChI is InChI=1S/C37H45N5O5S.2C35H43N5O5S/c1-39-20-25-10-11-26(21-39)42(25)36(44)37-19-31(37)30-18-27(47-2)12-14-28(30)34-33(23-7-4-3-5-8-23)29-13-9-24(17-32(29)41(34)22-37)35(43)38-48(45,46)40-15-6-16-40;2*1-36-46(43,44)37-33(41)22-9-13-27-30(15-22)39-20-35(34(42)40-23-10-11-24(40)19-38(2)18-23)17-29(35)28-16-25(45-3)12-14-26(28)32(39)31(27)21-7-5-4-6-8-21/h9,12-14,17-18,23,25-26,31H,3-8,10-11,15-16,19-22H2,1-2H3,(H,38,43);2*9,12-16,21,23-24,29,36H,4-8,10-11,17-20H2,1-3H3,(H,37,41). The molecule has 6 saturated carbocycles. The molecule has 13 fully saturated rings. The molecule has 25 rings (SSSR count). The molecule has 7 saturated heterocycles. The molecule has 30 nitrogen and oxygen atoms in total. The molecule has 6 aromatic carbocycles. The van der Waals surface area contributed by atoms with Crippen LogP contribution >= 0.6 is 0 Å². The van der Waals surface area contributed by atoms with Gasteiger partial charge in [-0.25, -0.2) is 23.6 Å². The van der Waals surface area contributed by atoms with E-state index < -0.39 is 64.6 Å². The van der Waals surface area contributed by atoms with Crippen molar-refractivity contribution in [2.75, 3.05) is 109 Å². The van der Waals surface area contributed by atoms with Gasteiger partial charge in [-0.3, -0.25) is 28.8 Å². The van der Waals surface area contributed by atoms with E-state index in [1.165, 1.54) is 110 Å². The van der Waals surface area contributed by atoms with Crippen molar-refractivity contribution in [2.45, 2.75) is 252 Å². The number of aromatic nitrogens is 3. The van der Waals surface area contributed by atoms with Crippen LogP contribution in [0.25, 0.3) is 66.5 Å². The van der Waals surface area contributed by atoms with Crippen molar-refractivity contribution in [1.29, 1.82) is 0 Å². The highest BCUT2D eigenvalue weighted by Gasteiger charge is 2.69. The third kappa shape index (κ3) is 15.7. The van der Waals surface area contributed by atoms with E-state index in [-0.39, 0.29) is 82.9 Å². The predicted octanol–water partition coefficient (Wildman–Crippen LogP) is 13.5. The minimum absolute atomic E-state index is 0.0746. The van der Waals surface area contributed by atoms with E-state index in [1.807, 2.05) is 54.6 Å². The fourth-order valence-corrected chi connectivity index (χ4v) is 30.8.